The van der Waals surface area contributed by atoms with Gasteiger partial charge in [0.15, 0.2) is 11.6 Å². The highest BCUT2D eigenvalue weighted by molar-refractivity contribution is 5.29. The zero-order valence-electron chi connectivity index (χ0n) is 11.5. The molecule has 1 aromatic carbocycles. The summed E-state index contributed by atoms with van der Waals surface area (Å²) in [6.07, 6.45) is 0.0482. The molecular formula is C14H22FNO3. The van der Waals surface area contributed by atoms with Gasteiger partial charge in [0.2, 0.25) is 0 Å². The van der Waals surface area contributed by atoms with Crippen LogP contribution in [0.2, 0.25) is 0 Å². The maximum Gasteiger partial charge on any atom is 0.165 e. The molecule has 1 aromatic rings. The van der Waals surface area contributed by atoms with E-state index in [9.17, 15) is 4.39 Å². The highest BCUT2D eigenvalue weighted by Crippen LogP contribution is 2.18. The van der Waals surface area contributed by atoms with E-state index in [1.807, 2.05) is 6.07 Å². The number of hydrogen-bond donors (Lipinski definition) is 2. The molecule has 0 saturated carbocycles. The number of nitrogens with one attached hydrogen (secondary N) is 1. The number of methoxy groups -OCH3 is 1. The minimum absolute atomic E-state index is 0.223. The Labute approximate surface area is 113 Å². The van der Waals surface area contributed by atoms with Gasteiger partial charge in [0.25, 0.3) is 0 Å². The van der Waals surface area contributed by atoms with Crippen LogP contribution in [0.1, 0.15) is 18.9 Å². The van der Waals surface area contributed by atoms with Gasteiger partial charge in [-0.15, -0.1) is 0 Å². The molecular weight excluding hydrogens is 249 g/mol. The van der Waals surface area contributed by atoms with Crippen molar-refractivity contribution in [3.05, 3.63) is 29.6 Å². The standard InChI is InChI=1S/C14H22FNO3/c1-11(17)5-7-19-14-4-3-12(9-13(14)15)10-16-6-8-18-2/h3-4,9,11,16-17H,5-8,10H2,1-2H3. The molecule has 0 spiro atoms. The molecule has 0 heterocycles. The summed E-state index contributed by atoms with van der Waals surface area (Å²) in [6, 6.07) is 4.89. The van der Waals surface area contributed by atoms with Crippen LogP contribution < -0.4 is 10.1 Å². The largest absolute Gasteiger partial charge is 0.490 e. The van der Waals surface area contributed by atoms with Crippen molar-refractivity contribution in [2.75, 3.05) is 26.9 Å². The van der Waals surface area contributed by atoms with Gasteiger partial charge in [0, 0.05) is 26.6 Å². The lowest BCUT2D eigenvalue weighted by molar-refractivity contribution is 0.154. The summed E-state index contributed by atoms with van der Waals surface area (Å²) in [7, 11) is 1.64. The van der Waals surface area contributed by atoms with E-state index in [4.69, 9.17) is 14.6 Å². The summed E-state index contributed by atoms with van der Waals surface area (Å²) >= 11 is 0. The van der Waals surface area contributed by atoms with Gasteiger partial charge in [-0.2, -0.15) is 0 Å². The summed E-state index contributed by atoms with van der Waals surface area (Å²) in [6.45, 7) is 3.93. The lowest BCUT2D eigenvalue weighted by atomic mass is 10.2. The summed E-state index contributed by atoms with van der Waals surface area (Å²) in [5, 5.41) is 12.2. The van der Waals surface area contributed by atoms with Gasteiger partial charge in [-0.1, -0.05) is 6.07 Å². The van der Waals surface area contributed by atoms with Crippen molar-refractivity contribution in [3.63, 3.8) is 0 Å². The van der Waals surface area contributed by atoms with E-state index in [1.54, 1.807) is 20.1 Å². The second kappa shape index (κ2) is 8.85. The van der Waals surface area contributed by atoms with Gasteiger partial charge < -0.3 is 19.9 Å². The third-order valence-electron chi connectivity index (χ3n) is 2.60. The van der Waals surface area contributed by atoms with Crippen LogP contribution in [0.15, 0.2) is 18.2 Å². The highest BCUT2D eigenvalue weighted by Gasteiger charge is 2.05. The Morgan fingerprint density at radius 3 is 2.79 bits per heavy atom. The Morgan fingerprint density at radius 2 is 2.16 bits per heavy atom. The number of ether oxygens (including phenoxy) is 2. The average molecular weight is 271 g/mol. The van der Waals surface area contributed by atoms with Crippen LogP contribution in [-0.2, 0) is 11.3 Å². The smallest absolute Gasteiger partial charge is 0.165 e. The molecule has 0 bridgehead atoms. The van der Waals surface area contributed by atoms with Crippen molar-refractivity contribution in [2.45, 2.75) is 26.0 Å². The maximum absolute atomic E-state index is 13.7. The van der Waals surface area contributed by atoms with E-state index in [0.29, 0.717) is 26.2 Å². The minimum Gasteiger partial charge on any atom is -0.490 e. The Kier molecular flexibility index (Phi) is 7.40. The van der Waals surface area contributed by atoms with Crippen LogP contribution in [0.4, 0.5) is 4.39 Å². The molecule has 5 heteroatoms. The molecule has 1 unspecified atom stereocenters. The number of aliphatic hydroxyl groups is 1. The SMILES string of the molecule is COCCNCc1ccc(OCCC(C)O)c(F)c1. The number of benzene rings is 1. The van der Waals surface area contributed by atoms with Gasteiger partial charge in [-0.3, -0.25) is 0 Å². The van der Waals surface area contributed by atoms with E-state index >= 15 is 0 Å². The van der Waals surface area contributed by atoms with E-state index in [1.165, 1.54) is 6.07 Å². The summed E-state index contributed by atoms with van der Waals surface area (Å²) < 4.78 is 23.9. The first kappa shape index (κ1) is 15.9. The first-order chi connectivity index (χ1) is 9.13. The molecule has 1 atom stereocenters. The van der Waals surface area contributed by atoms with Crippen LogP contribution in [0.5, 0.6) is 5.75 Å². The predicted octanol–water partition coefficient (Wildman–Crippen LogP) is 1.71. The van der Waals surface area contributed by atoms with Gasteiger partial charge in [0.05, 0.1) is 19.3 Å². The van der Waals surface area contributed by atoms with Crippen molar-refractivity contribution in [2.24, 2.45) is 0 Å². The summed E-state index contributed by atoms with van der Waals surface area (Å²) in [4.78, 5) is 0. The third-order valence-corrected chi connectivity index (χ3v) is 2.60. The van der Waals surface area contributed by atoms with Crippen molar-refractivity contribution >= 4 is 0 Å². The monoisotopic (exact) mass is 271 g/mol. The van der Waals surface area contributed by atoms with Crippen molar-refractivity contribution < 1.29 is 19.0 Å². The van der Waals surface area contributed by atoms with Crippen molar-refractivity contribution in [1.29, 1.82) is 0 Å². The lowest BCUT2D eigenvalue weighted by Gasteiger charge is -2.10. The van der Waals surface area contributed by atoms with Gasteiger partial charge in [0.1, 0.15) is 0 Å². The molecule has 108 valence electrons. The van der Waals surface area contributed by atoms with Gasteiger partial charge in [-0.25, -0.2) is 4.39 Å². The number of halogens is 1. The number of aliphatic hydroxyl groups excluding tert-OH is 1. The molecule has 1 rings (SSSR count). The van der Waals surface area contributed by atoms with Gasteiger partial charge >= 0.3 is 0 Å². The fourth-order valence-electron chi connectivity index (χ4n) is 1.52. The fraction of sp³-hybridized carbons (Fsp3) is 0.571. The van der Waals surface area contributed by atoms with E-state index in [-0.39, 0.29) is 11.6 Å². The van der Waals surface area contributed by atoms with Crippen LogP contribution >= 0.6 is 0 Å². The first-order valence-corrected chi connectivity index (χ1v) is 6.42. The Balaban J connectivity index is 2.40. The third kappa shape index (κ3) is 6.52. The zero-order chi connectivity index (χ0) is 14.1. The average Bonchev–Trinajstić information content (AvgIpc) is 2.37. The minimum atomic E-state index is -0.438. The maximum atomic E-state index is 13.7. The van der Waals surface area contributed by atoms with Crippen LogP contribution in [0, 0.1) is 5.82 Å². The van der Waals surface area contributed by atoms with E-state index < -0.39 is 6.10 Å². The Morgan fingerprint density at radius 1 is 1.37 bits per heavy atom. The summed E-state index contributed by atoms with van der Waals surface area (Å²) in [5.74, 6) is -0.155. The van der Waals surface area contributed by atoms with E-state index in [0.717, 1.165) is 12.1 Å². The molecule has 0 saturated heterocycles. The zero-order valence-corrected chi connectivity index (χ0v) is 11.5. The molecule has 0 aliphatic heterocycles. The molecule has 0 aliphatic carbocycles. The molecule has 0 aromatic heterocycles. The molecule has 4 nitrogen and oxygen atoms in total. The van der Waals surface area contributed by atoms with Gasteiger partial charge in [-0.05, 0) is 24.6 Å². The number of hydrogen-bond acceptors (Lipinski definition) is 4. The normalized spacial score (nSPS) is 12.4. The van der Waals surface area contributed by atoms with Crippen molar-refractivity contribution in [3.8, 4) is 5.75 Å². The van der Waals surface area contributed by atoms with E-state index in [2.05, 4.69) is 5.32 Å². The first-order valence-electron chi connectivity index (χ1n) is 6.42. The quantitative estimate of drug-likeness (QED) is 0.671. The topological polar surface area (TPSA) is 50.7 Å². The molecule has 0 radical (unpaired) electrons. The van der Waals surface area contributed by atoms with Crippen LogP contribution in [0.25, 0.3) is 0 Å². The molecule has 19 heavy (non-hydrogen) atoms. The highest BCUT2D eigenvalue weighted by atomic mass is 19.1. The lowest BCUT2D eigenvalue weighted by Crippen LogP contribution is -2.18. The Bertz CT molecular complexity index is 372. The number of rotatable bonds is 9. The molecule has 2 N–H and O–H groups in total. The molecule has 0 fully saturated rings. The second-order valence-corrected chi connectivity index (χ2v) is 4.42. The van der Waals surface area contributed by atoms with Crippen LogP contribution in [-0.4, -0.2) is 38.1 Å². The van der Waals surface area contributed by atoms with Crippen LogP contribution in [0.3, 0.4) is 0 Å². The second-order valence-electron chi connectivity index (χ2n) is 4.42. The Hall–Kier alpha value is -1.17. The molecule has 0 amide bonds. The predicted molar refractivity (Wildman–Crippen MR) is 71.8 cm³/mol. The van der Waals surface area contributed by atoms with Crippen molar-refractivity contribution in [1.82, 2.24) is 5.32 Å². The summed E-state index contributed by atoms with van der Waals surface area (Å²) in [5.41, 5.74) is 0.858. The molecule has 0 aliphatic rings. The fourth-order valence-corrected chi connectivity index (χ4v) is 1.52.